The molecule has 2 unspecified atom stereocenters. The summed E-state index contributed by atoms with van der Waals surface area (Å²) in [6.07, 6.45) is 0.0271. The fraction of sp³-hybridized carbons (Fsp3) is 0.462. The second-order valence-electron chi connectivity index (χ2n) is 4.28. The maximum Gasteiger partial charge on any atom is 0.320 e. The smallest absolute Gasteiger partial charge is 0.320 e. The van der Waals surface area contributed by atoms with E-state index in [-0.39, 0.29) is 12.1 Å². The van der Waals surface area contributed by atoms with Gasteiger partial charge in [-0.05, 0) is 24.1 Å². The van der Waals surface area contributed by atoms with E-state index in [4.69, 9.17) is 5.11 Å². The molecule has 0 saturated carbocycles. The molecule has 0 heterocycles. The van der Waals surface area contributed by atoms with Crippen molar-refractivity contribution in [2.24, 2.45) is 0 Å². The number of hydrogen-bond donors (Lipinski definition) is 3. The Morgan fingerprint density at radius 2 is 2.05 bits per heavy atom. The first-order chi connectivity index (χ1) is 8.95. The normalized spacial score (nSPS) is 14.1. The van der Waals surface area contributed by atoms with E-state index in [1.807, 2.05) is 6.92 Å². The van der Waals surface area contributed by atoms with Gasteiger partial charge in [0.1, 0.15) is 6.04 Å². The van der Waals surface area contributed by atoms with Crippen LogP contribution in [0.4, 0.5) is 8.78 Å². The lowest BCUT2D eigenvalue weighted by Crippen LogP contribution is -2.38. The first-order valence-corrected chi connectivity index (χ1v) is 6.05. The van der Waals surface area contributed by atoms with Crippen molar-refractivity contribution in [3.05, 3.63) is 35.4 Å². The molecule has 0 bridgehead atoms. The van der Waals surface area contributed by atoms with E-state index in [1.165, 1.54) is 6.07 Å². The second-order valence-corrected chi connectivity index (χ2v) is 4.28. The first kappa shape index (κ1) is 15.5. The maximum atomic E-state index is 13.0. The number of halogens is 2. The molecule has 1 aromatic carbocycles. The minimum atomic E-state index is -1.09. The first-order valence-electron chi connectivity index (χ1n) is 6.05. The van der Waals surface area contributed by atoms with Gasteiger partial charge in [0.2, 0.25) is 0 Å². The lowest BCUT2D eigenvalue weighted by molar-refractivity contribution is -0.139. The molecule has 0 saturated heterocycles. The summed E-state index contributed by atoms with van der Waals surface area (Å²) in [5.74, 6) is -3.03. The van der Waals surface area contributed by atoms with Crippen LogP contribution in [0.25, 0.3) is 0 Å². The molecule has 0 radical (unpaired) electrons. The van der Waals surface area contributed by atoms with Gasteiger partial charge in [-0.25, -0.2) is 8.78 Å². The van der Waals surface area contributed by atoms with Crippen LogP contribution in [0.1, 0.15) is 31.4 Å². The Morgan fingerprint density at radius 1 is 1.37 bits per heavy atom. The van der Waals surface area contributed by atoms with E-state index in [9.17, 15) is 18.7 Å². The number of carboxylic acids is 1. The number of aliphatic hydroxyl groups excluding tert-OH is 1. The van der Waals surface area contributed by atoms with Crippen LogP contribution in [0.3, 0.4) is 0 Å². The summed E-state index contributed by atoms with van der Waals surface area (Å²) >= 11 is 0. The van der Waals surface area contributed by atoms with E-state index in [2.05, 4.69) is 5.32 Å². The maximum absolute atomic E-state index is 13.0. The summed E-state index contributed by atoms with van der Waals surface area (Å²) in [5, 5.41) is 21.4. The summed E-state index contributed by atoms with van der Waals surface area (Å²) in [6, 6.07) is 2.33. The molecule has 0 aliphatic rings. The standard InChI is InChI=1S/C13H17F2NO3/c1-2-3-11(13(18)19)16-7-12(17)8-4-5-9(14)10(15)6-8/h4-6,11-12,16-17H,2-3,7H2,1H3,(H,18,19). The van der Waals surface area contributed by atoms with Gasteiger partial charge in [0, 0.05) is 6.54 Å². The van der Waals surface area contributed by atoms with Crippen LogP contribution >= 0.6 is 0 Å². The number of benzene rings is 1. The van der Waals surface area contributed by atoms with Gasteiger partial charge in [0.15, 0.2) is 11.6 Å². The monoisotopic (exact) mass is 273 g/mol. The highest BCUT2D eigenvalue weighted by Crippen LogP contribution is 2.16. The van der Waals surface area contributed by atoms with Crippen molar-refractivity contribution in [2.75, 3.05) is 6.54 Å². The van der Waals surface area contributed by atoms with Gasteiger partial charge in [0.25, 0.3) is 0 Å². The topological polar surface area (TPSA) is 69.6 Å². The molecule has 1 rings (SSSR count). The van der Waals surface area contributed by atoms with Crippen LogP contribution in [0.15, 0.2) is 18.2 Å². The van der Waals surface area contributed by atoms with Crippen LogP contribution < -0.4 is 5.32 Å². The Bertz CT molecular complexity index is 440. The van der Waals surface area contributed by atoms with Crippen molar-refractivity contribution in [3.8, 4) is 0 Å². The Hall–Kier alpha value is -1.53. The Balaban J connectivity index is 2.61. The predicted octanol–water partition coefficient (Wildman–Crippen LogP) is 1.84. The molecule has 0 aliphatic carbocycles. The largest absolute Gasteiger partial charge is 0.480 e. The number of nitrogens with one attached hydrogen (secondary N) is 1. The molecule has 3 N–H and O–H groups in total. The zero-order valence-electron chi connectivity index (χ0n) is 10.6. The molecular weight excluding hydrogens is 256 g/mol. The summed E-state index contributed by atoms with van der Waals surface area (Å²) in [7, 11) is 0. The van der Waals surface area contributed by atoms with Crippen LogP contribution in [0.2, 0.25) is 0 Å². The van der Waals surface area contributed by atoms with Crippen molar-refractivity contribution < 1.29 is 23.8 Å². The van der Waals surface area contributed by atoms with Crippen LogP contribution in [0, 0.1) is 11.6 Å². The van der Waals surface area contributed by atoms with Crippen molar-refractivity contribution in [3.63, 3.8) is 0 Å². The van der Waals surface area contributed by atoms with Crippen LogP contribution in [-0.4, -0.2) is 28.8 Å². The Labute approximate surface area is 110 Å². The zero-order valence-corrected chi connectivity index (χ0v) is 10.6. The fourth-order valence-corrected chi connectivity index (χ4v) is 1.69. The molecule has 0 fully saturated rings. The molecule has 106 valence electrons. The third-order valence-corrected chi connectivity index (χ3v) is 2.76. The molecule has 0 amide bonds. The van der Waals surface area contributed by atoms with Gasteiger partial charge >= 0.3 is 5.97 Å². The number of carbonyl (C=O) groups is 1. The predicted molar refractivity (Wildman–Crippen MR) is 65.7 cm³/mol. The Morgan fingerprint density at radius 3 is 2.58 bits per heavy atom. The van der Waals surface area contributed by atoms with Gasteiger partial charge in [-0.15, -0.1) is 0 Å². The SMILES string of the molecule is CCCC(NCC(O)c1ccc(F)c(F)c1)C(=O)O. The molecule has 6 heteroatoms. The average molecular weight is 273 g/mol. The number of aliphatic carboxylic acids is 1. The molecule has 1 aromatic rings. The van der Waals surface area contributed by atoms with E-state index < -0.39 is 29.7 Å². The molecule has 19 heavy (non-hydrogen) atoms. The second kappa shape index (κ2) is 7.16. The van der Waals surface area contributed by atoms with Crippen LogP contribution in [0.5, 0.6) is 0 Å². The van der Waals surface area contributed by atoms with E-state index in [1.54, 1.807) is 0 Å². The van der Waals surface area contributed by atoms with E-state index in [0.29, 0.717) is 12.8 Å². The van der Waals surface area contributed by atoms with Gasteiger partial charge in [0.05, 0.1) is 6.10 Å². The summed E-state index contributed by atoms with van der Waals surface area (Å²) in [5.41, 5.74) is 0.201. The molecule has 4 nitrogen and oxygen atoms in total. The summed E-state index contributed by atoms with van der Waals surface area (Å²) < 4.78 is 25.7. The Kier molecular flexibility index (Phi) is 5.85. The third-order valence-electron chi connectivity index (χ3n) is 2.76. The molecular formula is C13H17F2NO3. The fourth-order valence-electron chi connectivity index (χ4n) is 1.69. The quantitative estimate of drug-likeness (QED) is 0.709. The third kappa shape index (κ3) is 4.57. The summed E-state index contributed by atoms with van der Waals surface area (Å²) in [4.78, 5) is 10.9. The number of hydrogen-bond acceptors (Lipinski definition) is 3. The number of carboxylic acid groups (broad SMARTS) is 1. The molecule has 0 spiro atoms. The average Bonchev–Trinajstić information content (AvgIpc) is 2.37. The van der Waals surface area contributed by atoms with Crippen molar-refractivity contribution in [2.45, 2.75) is 31.9 Å². The summed E-state index contributed by atoms with van der Waals surface area (Å²) in [6.45, 7) is 1.81. The molecule has 0 aliphatic heterocycles. The highest BCUT2D eigenvalue weighted by Gasteiger charge is 2.18. The lowest BCUT2D eigenvalue weighted by Gasteiger charge is -2.17. The van der Waals surface area contributed by atoms with Crippen molar-refractivity contribution >= 4 is 5.97 Å². The highest BCUT2D eigenvalue weighted by atomic mass is 19.2. The minimum Gasteiger partial charge on any atom is -0.480 e. The molecule has 2 atom stereocenters. The van der Waals surface area contributed by atoms with Gasteiger partial charge in [-0.3, -0.25) is 4.79 Å². The van der Waals surface area contributed by atoms with Gasteiger partial charge in [-0.2, -0.15) is 0 Å². The zero-order chi connectivity index (χ0) is 14.4. The van der Waals surface area contributed by atoms with Crippen molar-refractivity contribution in [1.29, 1.82) is 0 Å². The minimum absolute atomic E-state index is 0.0396. The number of rotatable bonds is 7. The van der Waals surface area contributed by atoms with Crippen LogP contribution in [-0.2, 0) is 4.79 Å². The highest BCUT2D eigenvalue weighted by molar-refractivity contribution is 5.73. The van der Waals surface area contributed by atoms with E-state index >= 15 is 0 Å². The lowest BCUT2D eigenvalue weighted by atomic mass is 10.1. The van der Waals surface area contributed by atoms with Gasteiger partial charge in [-0.1, -0.05) is 19.4 Å². The van der Waals surface area contributed by atoms with Crippen molar-refractivity contribution in [1.82, 2.24) is 5.32 Å². The van der Waals surface area contributed by atoms with Gasteiger partial charge < -0.3 is 15.5 Å². The number of aliphatic hydroxyl groups is 1. The molecule has 0 aromatic heterocycles. The van der Waals surface area contributed by atoms with E-state index in [0.717, 1.165) is 12.1 Å².